The van der Waals surface area contributed by atoms with E-state index in [0.717, 1.165) is 25.8 Å². The number of carbonyl (C=O) groups excluding carboxylic acids is 1. The first-order chi connectivity index (χ1) is 10.6. The lowest BCUT2D eigenvalue weighted by Crippen LogP contribution is -2.40. The van der Waals surface area contributed by atoms with Crippen LogP contribution in [0, 0.1) is 16.0 Å². The number of nitrogens with one attached hydrogen (secondary N) is 2. The molecule has 0 spiro atoms. The van der Waals surface area contributed by atoms with E-state index in [0.29, 0.717) is 31.1 Å². The summed E-state index contributed by atoms with van der Waals surface area (Å²) < 4.78 is 0. The van der Waals surface area contributed by atoms with Crippen LogP contribution in [0.4, 0.5) is 5.69 Å². The van der Waals surface area contributed by atoms with Crippen LogP contribution in [-0.4, -0.2) is 52.6 Å². The number of nitro groups is 1. The minimum atomic E-state index is -0.504. The quantitative estimate of drug-likeness (QED) is 0.604. The van der Waals surface area contributed by atoms with Gasteiger partial charge in [0.2, 0.25) is 5.69 Å². The molecule has 0 aromatic carbocycles. The fraction of sp³-hybridized carbons (Fsp3) is 0.714. The Bertz CT molecular complexity index is 541. The van der Waals surface area contributed by atoms with Gasteiger partial charge >= 0.3 is 5.69 Å². The number of aromatic amines is 1. The molecule has 0 atom stereocenters. The van der Waals surface area contributed by atoms with Crippen LogP contribution in [0.25, 0.3) is 0 Å². The Morgan fingerprint density at radius 1 is 1.48 bits per heavy atom. The Hall–Kier alpha value is -1.67. The number of H-pyrrole nitrogens is 1. The average molecular weight is 346 g/mol. The van der Waals surface area contributed by atoms with Gasteiger partial charge in [-0.1, -0.05) is 13.3 Å². The summed E-state index contributed by atoms with van der Waals surface area (Å²) in [5, 5.41) is 21.0. The van der Waals surface area contributed by atoms with Crippen molar-refractivity contribution in [1.29, 1.82) is 0 Å². The van der Waals surface area contributed by atoms with E-state index in [1.807, 2.05) is 14.0 Å². The molecule has 1 aromatic heterocycles. The number of rotatable bonds is 6. The van der Waals surface area contributed by atoms with Gasteiger partial charge in [0.1, 0.15) is 5.69 Å². The second kappa shape index (κ2) is 8.83. The molecule has 2 N–H and O–H groups in total. The first-order valence-corrected chi connectivity index (χ1v) is 7.74. The van der Waals surface area contributed by atoms with Crippen LogP contribution in [0.3, 0.4) is 0 Å². The maximum atomic E-state index is 12.5. The molecule has 0 aliphatic carbocycles. The summed E-state index contributed by atoms with van der Waals surface area (Å²) in [7, 11) is 1.92. The molecule has 1 aliphatic heterocycles. The summed E-state index contributed by atoms with van der Waals surface area (Å²) in [6.07, 6.45) is 3.09. The third-order valence-electron chi connectivity index (χ3n) is 4.09. The van der Waals surface area contributed by atoms with Crippen molar-refractivity contribution in [1.82, 2.24) is 20.4 Å². The molecule has 9 heteroatoms. The maximum absolute atomic E-state index is 12.5. The topological polar surface area (TPSA) is 104 Å². The highest BCUT2D eigenvalue weighted by atomic mass is 35.5. The zero-order valence-corrected chi connectivity index (χ0v) is 14.3. The first-order valence-electron chi connectivity index (χ1n) is 7.74. The number of piperidine rings is 1. The van der Waals surface area contributed by atoms with Gasteiger partial charge in [-0.3, -0.25) is 20.0 Å². The Kier molecular flexibility index (Phi) is 7.44. The van der Waals surface area contributed by atoms with Crippen molar-refractivity contribution in [3.63, 3.8) is 0 Å². The summed E-state index contributed by atoms with van der Waals surface area (Å²) >= 11 is 0. The lowest BCUT2D eigenvalue weighted by Gasteiger charge is -2.31. The van der Waals surface area contributed by atoms with Crippen molar-refractivity contribution in [3.8, 4) is 0 Å². The van der Waals surface area contributed by atoms with E-state index in [9.17, 15) is 14.9 Å². The molecule has 130 valence electrons. The van der Waals surface area contributed by atoms with Crippen LogP contribution in [0.2, 0.25) is 0 Å². The molecule has 0 bridgehead atoms. The monoisotopic (exact) mass is 345 g/mol. The lowest BCUT2D eigenvalue weighted by molar-refractivity contribution is -0.385. The molecule has 2 heterocycles. The fourth-order valence-corrected chi connectivity index (χ4v) is 2.92. The van der Waals surface area contributed by atoms with Crippen LogP contribution in [0.1, 0.15) is 42.4 Å². The van der Waals surface area contributed by atoms with E-state index >= 15 is 0 Å². The number of hydrogen-bond donors (Lipinski definition) is 2. The number of nitrogens with zero attached hydrogens (tertiary/aromatic N) is 3. The molecule has 1 fully saturated rings. The number of aryl methyl sites for hydroxylation is 1. The Balaban J connectivity index is 0.00000264. The molecule has 1 aliphatic rings. The predicted molar refractivity (Wildman–Crippen MR) is 89.0 cm³/mol. The standard InChI is InChI=1S/C14H23N5O3.ClH/c1-3-4-11-13(19(21)22)12(17-16-11)14(20)18-7-5-10(6-8-18)9-15-2;/h10,15H,3-9H2,1-2H3,(H,16,17);1H. The summed E-state index contributed by atoms with van der Waals surface area (Å²) in [6.45, 7) is 4.11. The van der Waals surface area contributed by atoms with Crippen LogP contribution >= 0.6 is 12.4 Å². The lowest BCUT2D eigenvalue weighted by atomic mass is 9.96. The van der Waals surface area contributed by atoms with E-state index < -0.39 is 4.92 Å². The summed E-state index contributed by atoms with van der Waals surface area (Å²) in [6, 6.07) is 0. The highest BCUT2D eigenvalue weighted by Crippen LogP contribution is 2.25. The highest BCUT2D eigenvalue weighted by molar-refractivity contribution is 5.96. The predicted octanol–water partition coefficient (Wildman–Crippen LogP) is 1.76. The van der Waals surface area contributed by atoms with Crippen LogP contribution in [-0.2, 0) is 6.42 Å². The molecule has 0 saturated carbocycles. The van der Waals surface area contributed by atoms with E-state index in [1.54, 1.807) is 4.90 Å². The number of amides is 1. The van der Waals surface area contributed by atoms with E-state index in [2.05, 4.69) is 15.5 Å². The van der Waals surface area contributed by atoms with Crippen molar-refractivity contribution in [2.24, 2.45) is 5.92 Å². The molecular weight excluding hydrogens is 322 g/mol. The second-order valence-electron chi connectivity index (χ2n) is 5.70. The van der Waals surface area contributed by atoms with Gasteiger partial charge in [-0.2, -0.15) is 5.10 Å². The summed E-state index contributed by atoms with van der Waals surface area (Å²) in [4.78, 5) is 25.0. The van der Waals surface area contributed by atoms with Gasteiger partial charge in [-0.05, 0) is 38.8 Å². The molecule has 1 amide bonds. The van der Waals surface area contributed by atoms with Gasteiger partial charge in [0.15, 0.2) is 0 Å². The Labute approximate surface area is 141 Å². The van der Waals surface area contributed by atoms with Gasteiger partial charge < -0.3 is 10.2 Å². The molecule has 0 unspecified atom stereocenters. The summed E-state index contributed by atoms with van der Waals surface area (Å²) in [5.41, 5.74) is 0.214. The molecule has 23 heavy (non-hydrogen) atoms. The van der Waals surface area contributed by atoms with Crippen LogP contribution in [0.5, 0.6) is 0 Å². The highest BCUT2D eigenvalue weighted by Gasteiger charge is 2.33. The van der Waals surface area contributed by atoms with Crippen LogP contribution < -0.4 is 5.32 Å². The second-order valence-corrected chi connectivity index (χ2v) is 5.70. The van der Waals surface area contributed by atoms with Gasteiger partial charge in [0.05, 0.1) is 4.92 Å². The number of hydrogen-bond acceptors (Lipinski definition) is 5. The van der Waals surface area contributed by atoms with Crippen molar-refractivity contribution in [2.75, 3.05) is 26.7 Å². The molecule has 0 radical (unpaired) electrons. The fourth-order valence-electron chi connectivity index (χ4n) is 2.92. The zero-order chi connectivity index (χ0) is 16.1. The van der Waals surface area contributed by atoms with Gasteiger partial charge in [-0.25, -0.2) is 0 Å². The molecule has 1 saturated heterocycles. The maximum Gasteiger partial charge on any atom is 0.322 e. The van der Waals surface area contributed by atoms with Gasteiger partial charge in [0, 0.05) is 13.1 Å². The van der Waals surface area contributed by atoms with E-state index in [-0.39, 0.29) is 29.7 Å². The van der Waals surface area contributed by atoms with E-state index in [1.165, 1.54) is 0 Å². The van der Waals surface area contributed by atoms with Gasteiger partial charge in [-0.15, -0.1) is 12.4 Å². The molecule has 2 rings (SSSR count). The number of likely N-dealkylation sites (tertiary alicyclic amines) is 1. The van der Waals surface area contributed by atoms with Crippen molar-refractivity contribution in [3.05, 3.63) is 21.5 Å². The average Bonchev–Trinajstić information content (AvgIpc) is 2.92. The minimum Gasteiger partial charge on any atom is -0.337 e. The van der Waals surface area contributed by atoms with E-state index in [4.69, 9.17) is 0 Å². The molecular formula is C14H24ClN5O3. The summed E-state index contributed by atoms with van der Waals surface area (Å²) in [5.74, 6) is 0.215. The number of halogens is 1. The minimum absolute atomic E-state index is 0. The first kappa shape index (κ1) is 19.4. The van der Waals surface area contributed by atoms with Crippen LogP contribution in [0.15, 0.2) is 0 Å². The van der Waals surface area contributed by atoms with Crippen molar-refractivity contribution >= 4 is 24.0 Å². The van der Waals surface area contributed by atoms with Crippen molar-refractivity contribution < 1.29 is 9.72 Å². The third kappa shape index (κ3) is 4.42. The molecule has 8 nitrogen and oxygen atoms in total. The van der Waals surface area contributed by atoms with Crippen molar-refractivity contribution in [2.45, 2.75) is 32.6 Å². The molecule has 1 aromatic rings. The largest absolute Gasteiger partial charge is 0.337 e. The SMILES string of the molecule is CCCc1[nH]nc(C(=O)N2CCC(CNC)CC2)c1[N+](=O)[O-].Cl. The smallest absolute Gasteiger partial charge is 0.322 e. The van der Waals surface area contributed by atoms with Gasteiger partial charge in [0.25, 0.3) is 5.91 Å². The number of aromatic nitrogens is 2. The zero-order valence-electron chi connectivity index (χ0n) is 13.5. The third-order valence-corrected chi connectivity index (χ3v) is 4.09. The normalized spacial score (nSPS) is 15.3. The number of carbonyl (C=O) groups is 1. The Morgan fingerprint density at radius 2 is 2.13 bits per heavy atom. The Morgan fingerprint density at radius 3 is 2.65 bits per heavy atom.